The highest BCUT2D eigenvalue weighted by Gasteiger charge is 2.23. The topological polar surface area (TPSA) is 13.1 Å². The van der Waals surface area contributed by atoms with Crippen molar-refractivity contribution in [3.05, 3.63) is 17.6 Å². The van der Waals surface area contributed by atoms with Crippen molar-refractivity contribution in [2.24, 2.45) is 0 Å². The number of fused-ring (bicyclic) bond motifs is 1. The van der Waals surface area contributed by atoms with Gasteiger partial charge in [-0.15, -0.1) is 11.8 Å². The van der Waals surface area contributed by atoms with Gasteiger partial charge in [-0.05, 0) is 6.07 Å². The Balaban J connectivity index is 2.28. The van der Waals surface area contributed by atoms with E-state index in [1.807, 2.05) is 11.8 Å². The van der Waals surface area contributed by atoms with Crippen LogP contribution in [-0.4, -0.2) is 5.25 Å². The minimum Gasteiger partial charge on any atom is -0.465 e. The molecule has 0 saturated carbocycles. The van der Waals surface area contributed by atoms with Crippen molar-refractivity contribution in [2.45, 2.75) is 43.3 Å². The molecule has 0 aliphatic carbocycles. The van der Waals surface area contributed by atoms with E-state index < -0.39 is 0 Å². The molecule has 0 fully saturated rings. The van der Waals surface area contributed by atoms with E-state index in [0.717, 1.165) is 12.2 Å². The van der Waals surface area contributed by atoms with Gasteiger partial charge in [-0.3, -0.25) is 0 Å². The Labute approximate surface area is 77.5 Å². The Morgan fingerprint density at radius 2 is 2.33 bits per heavy atom. The maximum atomic E-state index is 5.74. The molecule has 2 heteroatoms. The Morgan fingerprint density at radius 3 is 2.92 bits per heavy atom. The lowest BCUT2D eigenvalue weighted by molar-refractivity contribution is 0.445. The lowest BCUT2D eigenvalue weighted by Crippen LogP contribution is -1.92. The summed E-state index contributed by atoms with van der Waals surface area (Å²) < 4.78 is 5.74. The second-order valence-corrected chi connectivity index (χ2v) is 5.20. The second kappa shape index (κ2) is 2.84. The SMILES string of the molecule is CC1Cc2oc(C(C)C)cc2S1. The molecule has 0 spiro atoms. The molecule has 0 radical (unpaired) electrons. The minimum atomic E-state index is 0.520. The first-order chi connectivity index (χ1) is 5.66. The molecule has 12 heavy (non-hydrogen) atoms. The fraction of sp³-hybridized carbons (Fsp3) is 0.600. The van der Waals surface area contributed by atoms with E-state index in [-0.39, 0.29) is 0 Å². The molecule has 1 aliphatic rings. The minimum absolute atomic E-state index is 0.520. The fourth-order valence-corrected chi connectivity index (χ4v) is 2.59. The van der Waals surface area contributed by atoms with Gasteiger partial charge in [0.25, 0.3) is 0 Å². The van der Waals surface area contributed by atoms with E-state index in [1.165, 1.54) is 10.7 Å². The Kier molecular flexibility index (Phi) is 1.95. The van der Waals surface area contributed by atoms with Gasteiger partial charge in [-0.2, -0.15) is 0 Å². The van der Waals surface area contributed by atoms with Gasteiger partial charge in [-0.1, -0.05) is 20.8 Å². The lowest BCUT2D eigenvalue weighted by atomic mass is 10.2. The van der Waals surface area contributed by atoms with E-state index >= 15 is 0 Å². The monoisotopic (exact) mass is 182 g/mol. The molecular formula is C10H14OS. The largest absolute Gasteiger partial charge is 0.465 e. The summed E-state index contributed by atoms with van der Waals surface area (Å²) >= 11 is 1.94. The highest BCUT2D eigenvalue weighted by atomic mass is 32.2. The number of rotatable bonds is 1. The number of thioether (sulfide) groups is 1. The highest BCUT2D eigenvalue weighted by Crippen LogP contribution is 2.40. The van der Waals surface area contributed by atoms with Crippen LogP contribution < -0.4 is 0 Å². The average Bonchev–Trinajstić information content (AvgIpc) is 2.42. The van der Waals surface area contributed by atoms with Gasteiger partial charge in [-0.25, -0.2) is 0 Å². The zero-order chi connectivity index (χ0) is 8.72. The molecule has 2 rings (SSSR count). The van der Waals surface area contributed by atoms with E-state index in [1.54, 1.807) is 0 Å². The predicted molar refractivity (Wildman–Crippen MR) is 51.8 cm³/mol. The quantitative estimate of drug-likeness (QED) is 0.660. The molecule has 1 nitrogen and oxygen atoms in total. The molecule has 1 atom stereocenters. The van der Waals surface area contributed by atoms with Gasteiger partial charge in [0, 0.05) is 22.5 Å². The Bertz CT molecular complexity index is 265. The summed E-state index contributed by atoms with van der Waals surface area (Å²) in [6.45, 7) is 6.58. The van der Waals surface area contributed by atoms with Crippen molar-refractivity contribution in [2.75, 3.05) is 0 Å². The maximum Gasteiger partial charge on any atom is 0.118 e. The zero-order valence-corrected chi connectivity index (χ0v) is 8.57. The van der Waals surface area contributed by atoms with Gasteiger partial charge < -0.3 is 4.42 Å². The van der Waals surface area contributed by atoms with Crippen LogP contribution in [0.2, 0.25) is 0 Å². The van der Waals surface area contributed by atoms with Crippen LogP contribution in [0.25, 0.3) is 0 Å². The third-order valence-electron chi connectivity index (χ3n) is 2.16. The molecule has 0 amide bonds. The van der Waals surface area contributed by atoms with E-state index in [2.05, 4.69) is 26.8 Å². The molecule has 0 bridgehead atoms. The molecule has 0 N–H and O–H groups in total. The Hall–Kier alpha value is -0.370. The summed E-state index contributed by atoms with van der Waals surface area (Å²) in [5.41, 5.74) is 0. The predicted octanol–water partition coefficient (Wildman–Crippen LogP) is 3.44. The third kappa shape index (κ3) is 1.28. The highest BCUT2D eigenvalue weighted by molar-refractivity contribution is 8.00. The molecule has 2 heterocycles. The molecule has 1 unspecified atom stereocenters. The first-order valence-electron chi connectivity index (χ1n) is 4.46. The summed E-state index contributed by atoms with van der Waals surface area (Å²) in [4.78, 5) is 1.37. The fourth-order valence-electron chi connectivity index (χ4n) is 1.48. The summed E-state index contributed by atoms with van der Waals surface area (Å²) in [5.74, 6) is 2.86. The summed E-state index contributed by atoms with van der Waals surface area (Å²) in [7, 11) is 0. The van der Waals surface area contributed by atoms with Crippen LogP contribution in [0.3, 0.4) is 0 Å². The average molecular weight is 182 g/mol. The molecule has 0 saturated heterocycles. The van der Waals surface area contributed by atoms with Crippen LogP contribution in [0.4, 0.5) is 0 Å². The second-order valence-electron chi connectivity index (χ2n) is 3.72. The number of furan rings is 1. The zero-order valence-electron chi connectivity index (χ0n) is 7.76. The van der Waals surface area contributed by atoms with Crippen LogP contribution in [-0.2, 0) is 6.42 Å². The first-order valence-corrected chi connectivity index (χ1v) is 5.34. The Morgan fingerprint density at radius 1 is 1.58 bits per heavy atom. The molecule has 0 aromatic carbocycles. The summed E-state index contributed by atoms with van der Waals surface area (Å²) in [6, 6.07) is 2.20. The van der Waals surface area contributed by atoms with Crippen molar-refractivity contribution in [1.82, 2.24) is 0 Å². The van der Waals surface area contributed by atoms with Gasteiger partial charge in [0.15, 0.2) is 0 Å². The van der Waals surface area contributed by atoms with Crippen LogP contribution >= 0.6 is 11.8 Å². The van der Waals surface area contributed by atoms with Crippen LogP contribution in [0.5, 0.6) is 0 Å². The first kappa shape index (κ1) is 8.24. The maximum absolute atomic E-state index is 5.74. The van der Waals surface area contributed by atoms with Crippen molar-refractivity contribution < 1.29 is 4.42 Å². The van der Waals surface area contributed by atoms with Gasteiger partial charge in [0.05, 0.1) is 0 Å². The summed E-state index contributed by atoms with van der Waals surface area (Å²) in [6.07, 6.45) is 1.10. The van der Waals surface area contributed by atoms with Gasteiger partial charge >= 0.3 is 0 Å². The van der Waals surface area contributed by atoms with Crippen molar-refractivity contribution in [3.8, 4) is 0 Å². The molecule has 1 aromatic heterocycles. The van der Waals surface area contributed by atoms with Gasteiger partial charge in [0.2, 0.25) is 0 Å². The van der Waals surface area contributed by atoms with E-state index in [0.29, 0.717) is 11.2 Å². The van der Waals surface area contributed by atoms with Crippen LogP contribution in [0, 0.1) is 0 Å². The van der Waals surface area contributed by atoms with Crippen molar-refractivity contribution in [3.63, 3.8) is 0 Å². The molecule has 1 aliphatic heterocycles. The smallest absolute Gasteiger partial charge is 0.118 e. The normalized spacial score (nSPS) is 21.8. The lowest BCUT2D eigenvalue weighted by Gasteiger charge is -2.00. The summed E-state index contributed by atoms with van der Waals surface area (Å²) in [5, 5.41) is 0.708. The number of hydrogen-bond acceptors (Lipinski definition) is 2. The standard InChI is InChI=1S/C10H14OS/c1-6(2)8-5-10-9(11-8)4-7(3)12-10/h5-7H,4H2,1-3H3. The molecule has 1 aromatic rings. The molecular weight excluding hydrogens is 168 g/mol. The van der Waals surface area contributed by atoms with Gasteiger partial charge in [0.1, 0.15) is 11.5 Å². The molecule has 66 valence electrons. The van der Waals surface area contributed by atoms with Crippen LogP contribution in [0.15, 0.2) is 15.4 Å². The van der Waals surface area contributed by atoms with Crippen molar-refractivity contribution >= 4 is 11.8 Å². The van der Waals surface area contributed by atoms with Crippen LogP contribution in [0.1, 0.15) is 38.2 Å². The van der Waals surface area contributed by atoms with E-state index in [9.17, 15) is 0 Å². The third-order valence-corrected chi connectivity index (χ3v) is 3.33. The number of hydrogen-bond donors (Lipinski definition) is 0. The van der Waals surface area contributed by atoms with E-state index in [4.69, 9.17) is 4.42 Å². The van der Waals surface area contributed by atoms with Crippen molar-refractivity contribution in [1.29, 1.82) is 0 Å².